The van der Waals surface area contributed by atoms with Gasteiger partial charge >= 0.3 is 0 Å². The number of rotatable bonds is 3. The molecule has 0 amide bonds. The number of para-hydroxylation sites is 1. The predicted octanol–water partition coefficient (Wildman–Crippen LogP) is 4.38. The Labute approximate surface area is 162 Å². The first kappa shape index (κ1) is 17.9. The Bertz CT molecular complexity index is 1280. The molecule has 0 saturated carbocycles. The molecule has 4 rings (SSSR count). The number of nitrogens with zero attached hydrogens (tertiary/aromatic N) is 3. The first-order chi connectivity index (χ1) is 13.5. The van der Waals surface area contributed by atoms with E-state index in [2.05, 4.69) is 16.2 Å². The van der Waals surface area contributed by atoms with Crippen molar-refractivity contribution >= 4 is 22.5 Å². The number of benzene rings is 2. The molecule has 0 radical (unpaired) electrons. The second-order valence-corrected chi connectivity index (χ2v) is 6.46. The van der Waals surface area contributed by atoms with Crippen molar-refractivity contribution < 1.29 is 8.78 Å². The van der Waals surface area contributed by atoms with E-state index < -0.39 is 22.9 Å². The fourth-order valence-electron chi connectivity index (χ4n) is 3.05. The third kappa shape index (κ3) is 2.84. The minimum atomic E-state index is -0.836. The predicted molar refractivity (Wildman–Crippen MR) is 101 cm³/mol. The Morgan fingerprint density at radius 1 is 1.14 bits per heavy atom. The molecule has 8 heteroatoms. The van der Waals surface area contributed by atoms with E-state index in [9.17, 15) is 13.6 Å². The summed E-state index contributed by atoms with van der Waals surface area (Å²) in [5.41, 5.74) is 0.762. The van der Waals surface area contributed by atoms with Crippen molar-refractivity contribution in [3.8, 4) is 23.0 Å². The first-order valence-electron chi connectivity index (χ1n) is 8.22. The quantitative estimate of drug-likeness (QED) is 0.558. The summed E-state index contributed by atoms with van der Waals surface area (Å²) in [6, 6.07) is 12.3. The number of aromatic amines is 1. The Morgan fingerprint density at radius 3 is 2.46 bits per heavy atom. The van der Waals surface area contributed by atoms with Crippen molar-refractivity contribution in [2.45, 2.75) is 6.42 Å². The molecule has 1 N–H and O–H groups in total. The Morgan fingerprint density at radius 2 is 1.82 bits per heavy atom. The van der Waals surface area contributed by atoms with Crippen molar-refractivity contribution in [3.63, 3.8) is 0 Å². The molecule has 0 fully saturated rings. The first-order valence-corrected chi connectivity index (χ1v) is 8.59. The molecule has 0 spiro atoms. The van der Waals surface area contributed by atoms with Crippen LogP contribution in [-0.4, -0.2) is 14.8 Å². The molecular weight excluding hydrogens is 386 g/mol. The maximum Gasteiger partial charge on any atom is 0.259 e. The molecule has 2 aromatic carbocycles. The molecule has 0 aliphatic carbocycles. The molecule has 4 aromatic rings. The van der Waals surface area contributed by atoms with Crippen LogP contribution in [-0.2, 0) is 6.42 Å². The Kier molecular flexibility index (Phi) is 4.41. The van der Waals surface area contributed by atoms with Gasteiger partial charge in [-0.3, -0.25) is 4.79 Å². The van der Waals surface area contributed by atoms with Crippen LogP contribution in [0.25, 0.3) is 27.8 Å². The van der Waals surface area contributed by atoms with Gasteiger partial charge in [0.15, 0.2) is 11.6 Å². The van der Waals surface area contributed by atoms with Gasteiger partial charge in [0.2, 0.25) is 0 Å². The third-order valence-corrected chi connectivity index (χ3v) is 4.62. The molecule has 0 aliphatic rings. The van der Waals surface area contributed by atoms with Crippen LogP contribution < -0.4 is 5.56 Å². The van der Waals surface area contributed by atoms with Crippen molar-refractivity contribution in [2.24, 2.45) is 0 Å². The molecule has 0 atom stereocenters. The molecule has 0 saturated heterocycles. The van der Waals surface area contributed by atoms with Crippen LogP contribution in [0.15, 0.2) is 53.5 Å². The van der Waals surface area contributed by atoms with E-state index in [1.165, 1.54) is 12.3 Å². The van der Waals surface area contributed by atoms with E-state index in [1.54, 1.807) is 24.3 Å². The zero-order valence-corrected chi connectivity index (χ0v) is 15.0. The second kappa shape index (κ2) is 6.91. The number of hydrogen-bond donors (Lipinski definition) is 1. The zero-order valence-electron chi connectivity index (χ0n) is 14.2. The van der Waals surface area contributed by atoms with Crippen LogP contribution in [0.1, 0.15) is 5.56 Å². The minimum Gasteiger partial charge on any atom is -0.327 e. The zero-order chi connectivity index (χ0) is 19.8. The van der Waals surface area contributed by atoms with E-state index in [-0.39, 0.29) is 28.0 Å². The Balaban J connectivity index is 2.05. The average Bonchev–Trinajstić information content (AvgIpc) is 3.07. The molecule has 2 heterocycles. The number of pyridine rings is 1. The highest BCUT2D eigenvalue weighted by Crippen LogP contribution is 2.32. The SMILES string of the molecule is N#CCc1ccc(-c2nn(-c3c(F)cccc3F)c3c(Cl)c[nH]c(=O)c23)cc1. The van der Waals surface area contributed by atoms with Gasteiger partial charge in [-0.1, -0.05) is 41.9 Å². The summed E-state index contributed by atoms with van der Waals surface area (Å²) in [6.07, 6.45) is 1.49. The highest BCUT2D eigenvalue weighted by atomic mass is 35.5. The molecule has 138 valence electrons. The molecule has 0 aliphatic heterocycles. The van der Waals surface area contributed by atoms with Gasteiger partial charge in [0.25, 0.3) is 5.56 Å². The van der Waals surface area contributed by atoms with Crippen LogP contribution in [0.4, 0.5) is 8.78 Å². The van der Waals surface area contributed by atoms with Crippen molar-refractivity contribution in [1.29, 1.82) is 5.26 Å². The van der Waals surface area contributed by atoms with Crippen LogP contribution >= 0.6 is 11.6 Å². The largest absolute Gasteiger partial charge is 0.327 e. The number of halogens is 3. The average molecular weight is 397 g/mol. The van der Waals surface area contributed by atoms with Gasteiger partial charge < -0.3 is 4.98 Å². The Hall–Kier alpha value is -3.50. The minimum absolute atomic E-state index is 0.0945. The fraction of sp³-hybridized carbons (Fsp3) is 0.0500. The highest BCUT2D eigenvalue weighted by molar-refractivity contribution is 6.35. The molecule has 2 aromatic heterocycles. The van der Waals surface area contributed by atoms with Gasteiger partial charge in [-0.2, -0.15) is 10.4 Å². The summed E-state index contributed by atoms with van der Waals surface area (Å²) in [5.74, 6) is -1.67. The number of nitrogens with one attached hydrogen (secondary N) is 1. The number of H-pyrrole nitrogens is 1. The number of hydrogen-bond acceptors (Lipinski definition) is 3. The van der Waals surface area contributed by atoms with Gasteiger partial charge in [-0.05, 0) is 17.7 Å². The monoisotopic (exact) mass is 396 g/mol. The summed E-state index contributed by atoms with van der Waals surface area (Å²) in [4.78, 5) is 15.0. The lowest BCUT2D eigenvalue weighted by Gasteiger charge is -2.07. The van der Waals surface area contributed by atoms with Crippen LogP contribution in [0.3, 0.4) is 0 Å². The van der Waals surface area contributed by atoms with E-state index in [4.69, 9.17) is 16.9 Å². The molecule has 5 nitrogen and oxygen atoms in total. The van der Waals surface area contributed by atoms with E-state index in [0.717, 1.165) is 22.4 Å². The van der Waals surface area contributed by atoms with Crippen molar-refractivity contribution in [1.82, 2.24) is 14.8 Å². The lowest BCUT2D eigenvalue weighted by molar-refractivity contribution is 0.563. The highest BCUT2D eigenvalue weighted by Gasteiger charge is 2.22. The molecule has 0 unspecified atom stereocenters. The van der Waals surface area contributed by atoms with Gasteiger partial charge in [0.1, 0.15) is 16.9 Å². The summed E-state index contributed by atoms with van der Waals surface area (Å²) in [7, 11) is 0. The molecule has 28 heavy (non-hydrogen) atoms. The number of aromatic nitrogens is 3. The fourth-order valence-corrected chi connectivity index (χ4v) is 3.28. The lowest BCUT2D eigenvalue weighted by atomic mass is 10.1. The van der Waals surface area contributed by atoms with Crippen LogP contribution in [0.2, 0.25) is 5.02 Å². The summed E-state index contributed by atoms with van der Waals surface area (Å²) < 4.78 is 29.8. The molecule has 0 bridgehead atoms. The summed E-state index contributed by atoms with van der Waals surface area (Å²) >= 11 is 6.24. The van der Waals surface area contributed by atoms with Crippen LogP contribution in [0.5, 0.6) is 0 Å². The lowest BCUT2D eigenvalue weighted by Crippen LogP contribution is -2.07. The smallest absolute Gasteiger partial charge is 0.259 e. The maximum atomic E-state index is 14.4. The van der Waals surface area contributed by atoms with Gasteiger partial charge in [-0.15, -0.1) is 0 Å². The number of fused-ring (bicyclic) bond motifs is 1. The van der Waals surface area contributed by atoms with Crippen molar-refractivity contribution in [2.75, 3.05) is 0 Å². The standard InChI is InChI=1S/C20H11ClF2N4O/c21-13-10-25-20(28)16-17(12-6-4-11(5-7-12)8-9-24)26-27(18(13)16)19-14(22)2-1-3-15(19)23/h1-7,10H,8H2,(H,25,28). The second-order valence-electron chi connectivity index (χ2n) is 6.05. The van der Waals surface area contributed by atoms with Gasteiger partial charge in [0.05, 0.1) is 22.9 Å². The topological polar surface area (TPSA) is 74.5 Å². The maximum absolute atomic E-state index is 14.4. The van der Waals surface area contributed by atoms with Gasteiger partial charge in [-0.25, -0.2) is 13.5 Å². The van der Waals surface area contributed by atoms with Gasteiger partial charge in [0, 0.05) is 11.8 Å². The third-order valence-electron chi connectivity index (χ3n) is 4.33. The number of nitriles is 1. The van der Waals surface area contributed by atoms with Crippen molar-refractivity contribution in [3.05, 3.63) is 81.2 Å². The van der Waals surface area contributed by atoms with E-state index in [0.29, 0.717) is 5.56 Å². The summed E-state index contributed by atoms with van der Waals surface area (Å²) in [5, 5.41) is 13.3. The van der Waals surface area contributed by atoms with Crippen LogP contribution in [0, 0.1) is 23.0 Å². The molecular formula is C20H11ClF2N4O. The van der Waals surface area contributed by atoms with E-state index in [1.807, 2.05) is 0 Å². The normalized spacial score (nSPS) is 10.9. The summed E-state index contributed by atoms with van der Waals surface area (Å²) in [6.45, 7) is 0. The van der Waals surface area contributed by atoms with E-state index >= 15 is 0 Å².